The van der Waals surface area contributed by atoms with Crippen molar-refractivity contribution < 1.29 is 14.3 Å². The minimum atomic E-state index is -0.334. The number of nitrogens with one attached hydrogen (secondary N) is 1. The van der Waals surface area contributed by atoms with Crippen molar-refractivity contribution in [1.29, 1.82) is 0 Å². The Labute approximate surface area is 178 Å². The molecule has 1 amide bonds. The Morgan fingerprint density at radius 3 is 2.41 bits per heavy atom. The van der Waals surface area contributed by atoms with Gasteiger partial charge in [-0.1, -0.05) is 15.9 Å². The summed E-state index contributed by atoms with van der Waals surface area (Å²) >= 11 is 3.46. The van der Waals surface area contributed by atoms with Gasteiger partial charge in [-0.05, 0) is 68.4 Å². The van der Waals surface area contributed by atoms with Crippen molar-refractivity contribution in [2.24, 2.45) is 5.10 Å². The van der Waals surface area contributed by atoms with Gasteiger partial charge < -0.3 is 14.0 Å². The van der Waals surface area contributed by atoms with Gasteiger partial charge in [0.1, 0.15) is 11.5 Å². The van der Waals surface area contributed by atoms with E-state index in [0.29, 0.717) is 5.75 Å². The quantitative estimate of drug-likeness (QED) is 0.424. The number of rotatable bonds is 7. The minimum Gasteiger partial charge on any atom is -0.497 e. The summed E-state index contributed by atoms with van der Waals surface area (Å²) in [6, 6.07) is 17.2. The number of benzene rings is 2. The molecule has 1 heterocycles. The van der Waals surface area contributed by atoms with Gasteiger partial charge in [-0.3, -0.25) is 4.79 Å². The van der Waals surface area contributed by atoms with E-state index in [9.17, 15) is 4.79 Å². The monoisotopic (exact) mass is 455 g/mol. The van der Waals surface area contributed by atoms with Gasteiger partial charge >= 0.3 is 0 Å². The number of carbonyl (C=O) groups is 1. The zero-order chi connectivity index (χ0) is 20.8. The van der Waals surface area contributed by atoms with Crippen LogP contribution in [0.2, 0.25) is 0 Å². The fourth-order valence-corrected chi connectivity index (χ4v) is 3.20. The zero-order valence-electron chi connectivity index (χ0n) is 16.5. The molecular formula is C22H22BrN3O3. The van der Waals surface area contributed by atoms with Gasteiger partial charge in [-0.25, -0.2) is 5.43 Å². The van der Waals surface area contributed by atoms with Crippen LogP contribution in [0.5, 0.6) is 11.5 Å². The lowest BCUT2D eigenvalue weighted by molar-refractivity contribution is -0.123. The molecule has 2 aromatic carbocycles. The number of amides is 1. The number of nitrogens with zero attached hydrogens (tertiary/aromatic N) is 2. The Morgan fingerprint density at radius 1 is 1.10 bits per heavy atom. The van der Waals surface area contributed by atoms with E-state index in [4.69, 9.17) is 9.47 Å². The number of aromatic nitrogens is 1. The molecule has 1 aromatic heterocycles. The van der Waals surface area contributed by atoms with Crippen molar-refractivity contribution in [1.82, 2.24) is 9.99 Å². The van der Waals surface area contributed by atoms with E-state index in [-0.39, 0.29) is 12.5 Å². The second-order valence-corrected chi connectivity index (χ2v) is 7.31. The molecule has 29 heavy (non-hydrogen) atoms. The maximum absolute atomic E-state index is 12.0. The van der Waals surface area contributed by atoms with E-state index >= 15 is 0 Å². The van der Waals surface area contributed by atoms with Gasteiger partial charge in [0.15, 0.2) is 6.61 Å². The first-order valence-electron chi connectivity index (χ1n) is 9.01. The molecule has 0 atom stereocenters. The van der Waals surface area contributed by atoms with Gasteiger partial charge in [0, 0.05) is 27.1 Å². The molecular weight excluding hydrogens is 434 g/mol. The van der Waals surface area contributed by atoms with Crippen LogP contribution in [0.1, 0.15) is 17.0 Å². The summed E-state index contributed by atoms with van der Waals surface area (Å²) in [6.45, 7) is 3.93. The number of halogens is 1. The van der Waals surface area contributed by atoms with E-state index in [2.05, 4.69) is 31.0 Å². The Kier molecular flexibility index (Phi) is 6.72. The van der Waals surface area contributed by atoms with E-state index < -0.39 is 0 Å². The first-order valence-corrected chi connectivity index (χ1v) is 9.81. The standard InChI is InChI=1S/C22H22BrN3O3/c1-15-12-17(16(2)26(15)19-6-4-18(23)5-7-19)13-24-25-22(27)14-29-21-10-8-20(28-3)9-11-21/h4-13H,14H2,1-3H3,(H,25,27)/b24-13+. The molecule has 0 fully saturated rings. The highest BCUT2D eigenvalue weighted by molar-refractivity contribution is 9.10. The van der Waals surface area contributed by atoms with Crippen LogP contribution in [0.15, 0.2) is 64.2 Å². The molecule has 1 N–H and O–H groups in total. The lowest BCUT2D eigenvalue weighted by Crippen LogP contribution is -2.24. The topological polar surface area (TPSA) is 64.8 Å². The SMILES string of the molecule is COc1ccc(OCC(=O)N/N=C/c2cc(C)n(-c3ccc(Br)cc3)c2C)cc1. The third-order valence-electron chi connectivity index (χ3n) is 4.38. The summed E-state index contributed by atoms with van der Waals surface area (Å²) in [5, 5.41) is 4.06. The van der Waals surface area contributed by atoms with Crippen LogP contribution in [0.25, 0.3) is 5.69 Å². The maximum Gasteiger partial charge on any atom is 0.277 e. The molecule has 3 aromatic rings. The molecule has 0 aliphatic carbocycles. The molecule has 150 valence electrons. The van der Waals surface area contributed by atoms with E-state index in [0.717, 1.165) is 32.9 Å². The molecule has 0 saturated carbocycles. The molecule has 3 rings (SSSR count). The predicted molar refractivity (Wildman–Crippen MR) is 117 cm³/mol. The molecule has 0 unspecified atom stereocenters. The highest BCUT2D eigenvalue weighted by Crippen LogP contribution is 2.21. The fourth-order valence-electron chi connectivity index (χ4n) is 2.93. The van der Waals surface area contributed by atoms with Crippen molar-refractivity contribution in [2.45, 2.75) is 13.8 Å². The number of ether oxygens (including phenoxy) is 2. The highest BCUT2D eigenvalue weighted by atomic mass is 79.9. The normalized spacial score (nSPS) is 10.9. The predicted octanol–water partition coefficient (Wildman–Crippen LogP) is 4.39. The van der Waals surface area contributed by atoms with Gasteiger partial charge in [0.2, 0.25) is 0 Å². The average molecular weight is 456 g/mol. The maximum atomic E-state index is 12.0. The molecule has 0 spiro atoms. The number of hydrogen-bond donors (Lipinski definition) is 1. The second kappa shape index (κ2) is 9.43. The lowest BCUT2D eigenvalue weighted by atomic mass is 10.2. The lowest BCUT2D eigenvalue weighted by Gasteiger charge is -2.09. The second-order valence-electron chi connectivity index (χ2n) is 6.40. The Bertz CT molecular complexity index is 1010. The molecule has 0 aliphatic heterocycles. The molecule has 0 aliphatic rings. The molecule has 0 bridgehead atoms. The van der Waals surface area contributed by atoms with Gasteiger partial charge in [-0.2, -0.15) is 5.10 Å². The number of aryl methyl sites for hydroxylation is 1. The zero-order valence-corrected chi connectivity index (χ0v) is 18.1. The first-order chi connectivity index (χ1) is 14.0. The van der Waals surface area contributed by atoms with Crippen LogP contribution in [0.4, 0.5) is 0 Å². The van der Waals surface area contributed by atoms with Crippen molar-refractivity contribution in [3.05, 3.63) is 76.0 Å². The van der Waals surface area contributed by atoms with Crippen molar-refractivity contribution in [2.75, 3.05) is 13.7 Å². The Balaban J connectivity index is 1.59. The molecule has 7 heteroatoms. The van der Waals surface area contributed by atoms with Crippen molar-refractivity contribution in [3.63, 3.8) is 0 Å². The van der Waals surface area contributed by atoms with Crippen LogP contribution in [-0.4, -0.2) is 30.4 Å². The van der Waals surface area contributed by atoms with Gasteiger partial charge in [0.05, 0.1) is 13.3 Å². The van der Waals surface area contributed by atoms with Crippen LogP contribution >= 0.6 is 15.9 Å². The molecule has 0 saturated heterocycles. The summed E-state index contributed by atoms with van der Waals surface area (Å²) in [7, 11) is 1.59. The Hall–Kier alpha value is -3.06. The smallest absolute Gasteiger partial charge is 0.277 e. The molecule has 6 nitrogen and oxygen atoms in total. The summed E-state index contributed by atoms with van der Waals surface area (Å²) in [5.41, 5.74) is 6.62. The van der Waals surface area contributed by atoms with Gasteiger partial charge in [0.25, 0.3) is 5.91 Å². The molecule has 0 radical (unpaired) electrons. The fraction of sp³-hybridized carbons (Fsp3) is 0.182. The first kappa shape index (κ1) is 20.7. The van der Waals surface area contributed by atoms with Crippen LogP contribution in [0.3, 0.4) is 0 Å². The van der Waals surface area contributed by atoms with E-state index in [1.807, 2.05) is 44.2 Å². The summed E-state index contributed by atoms with van der Waals surface area (Å²) in [5.74, 6) is 0.980. The number of methoxy groups -OCH3 is 1. The number of hydrogen-bond acceptors (Lipinski definition) is 4. The minimum absolute atomic E-state index is 0.123. The van der Waals surface area contributed by atoms with Crippen molar-refractivity contribution in [3.8, 4) is 17.2 Å². The largest absolute Gasteiger partial charge is 0.497 e. The van der Waals surface area contributed by atoms with E-state index in [1.54, 1.807) is 37.6 Å². The summed E-state index contributed by atoms with van der Waals surface area (Å²) < 4.78 is 13.7. The van der Waals surface area contributed by atoms with Crippen LogP contribution < -0.4 is 14.9 Å². The average Bonchev–Trinajstić information content (AvgIpc) is 3.01. The summed E-state index contributed by atoms with van der Waals surface area (Å²) in [4.78, 5) is 12.0. The van der Waals surface area contributed by atoms with E-state index in [1.165, 1.54) is 0 Å². The highest BCUT2D eigenvalue weighted by Gasteiger charge is 2.09. The summed E-state index contributed by atoms with van der Waals surface area (Å²) in [6.07, 6.45) is 1.64. The van der Waals surface area contributed by atoms with Crippen LogP contribution in [0, 0.1) is 13.8 Å². The number of hydrazone groups is 1. The third-order valence-corrected chi connectivity index (χ3v) is 4.91. The van der Waals surface area contributed by atoms with Crippen LogP contribution in [-0.2, 0) is 4.79 Å². The Morgan fingerprint density at radius 2 is 1.76 bits per heavy atom. The van der Waals surface area contributed by atoms with Gasteiger partial charge in [-0.15, -0.1) is 0 Å². The number of carbonyl (C=O) groups excluding carboxylic acids is 1. The third kappa shape index (κ3) is 5.26. The van der Waals surface area contributed by atoms with Crippen molar-refractivity contribution >= 4 is 28.1 Å².